The molecular formula is C7H6ClN3O. The SMILES string of the molecule is Nc1ncc(C=CC=O)c(Cl)n1. The van der Waals surface area contributed by atoms with Crippen LogP contribution >= 0.6 is 11.6 Å². The van der Waals surface area contributed by atoms with E-state index in [9.17, 15) is 4.79 Å². The number of hydrogen-bond acceptors (Lipinski definition) is 4. The first kappa shape index (κ1) is 8.67. The average molecular weight is 184 g/mol. The molecular weight excluding hydrogens is 178 g/mol. The molecule has 2 N–H and O–H groups in total. The molecule has 0 saturated carbocycles. The molecule has 1 rings (SSSR count). The van der Waals surface area contributed by atoms with Crippen LogP contribution in [0.3, 0.4) is 0 Å². The van der Waals surface area contributed by atoms with E-state index in [0.29, 0.717) is 11.8 Å². The number of rotatable bonds is 2. The minimum Gasteiger partial charge on any atom is -0.368 e. The third kappa shape index (κ3) is 2.03. The zero-order valence-electron chi connectivity index (χ0n) is 6.07. The number of nitrogens with two attached hydrogens (primary N) is 1. The van der Waals surface area contributed by atoms with Gasteiger partial charge in [0, 0.05) is 11.8 Å². The second-order valence-electron chi connectivity index (χ2n) is 1.97. The summed E-state index contributed by atoms with van der Waals surface area (Å²) in [5.41, 5.74) is 5.82. The van der Waals surface area contributed by atoms with Gasteiger partial charge in [0.15, 0.2) is 0 Å². The van der Waals surface area contributed by atoms with Crippen LogP contribution in [0.4, 0.5) is 5.95 Å². The van der Waals surface area contributed by atoms with Crippen molar-refractivity contribution in [2.24, 2.45) is 0 Å². The third-order valence-corrected chi connectivity index (χ3v) is 1.44. The molecule has 0 fully saturated rings. The summed E-state index contributed by atoms with van der Waals surface area (Å²) in [5.74, 6) is 0.114. The monoisotopic (exact) mass is 183 g/mol. The lowest BCUT2D eigenvalue weighted by molar-refractivity contribution is -0.104. The van der Waals surface area contributed by atoms with Gasteiger partial charge in [-0.05, 0) is 12.2 Å². The molecule has 0 bridgehead atoms. The molecule has 1 aromatic heterocycles. The van der Waals surface area contributed by atoms with Crippen molar-refractivity contribution in [2.75, 3.05) is 5.73 Å². The van der Waals surface area contributed by atoms with Crippen LogP contribution in [0.15, 0.2) is 12.3 Å². The van der Waals surface area contributed by atoms with Gasteiger partial charge < -0.3 is 5.73 Å². The maximum atomic E-state index is 9.96. The van der Waals surface area contributed by atoms with Crippen LogP contribution in [-0.4, -0.2) is 16.3 Å². The number of nitrogens with zero attached hydrogens (tertiary/aromatic N) is 2. The van der Waals surface area contributed by atoms with E-state index in [1.807, 2.05) is 0 Å². The van der Waals surface area contributed by atoms with Crippen molar-refractivity contribution >= 4 is 29.9 Å². The summed E-state index contributed by atoms with van der Waals surface area (Å²) in [6.45, 7) is 0. The van der Waals surface area contributed by atoms with Crippen molar-refractivity contribution in [3.8, 4) is 0 Å². The maximum Gasteiger partial charge on any atom is 0.221 e. The highest BCUT2D eigenvalue weighted by atomic mass is 35.5. The van der Waals surface area contributed by atoms with E-state index in [1.165, 1.54) is 18.3 Å². The molecule has 62 valence electrons. The highest BCUT2D eigenvalue weighted by molar-refractivity contribution is 6.30. The lowest BCUT2D eigenvalue weighted by Gasteiger charge is -1.95. The molecule has 0 aliphatic heterocycles. The molecule has 4 nitrogen and oxygen atoms in total. The number of carbonyl (C=O) groups excluding carboxylic acids is 1. The Hall–Kier alpha value is -1.42. The van der Waals surface area contributed by atoms with E-state index in [-0.39, 0.29) is 11.1 Å². The maximum absolute atomic E-state index is 9.96. The summed E-state index contributed by atoms with van der Waals surface area (Å²) in [7, 11) is 0. The van der Waals surface area contributed by atoms with Gasteiger partial charge in [0.25, 0.3) is 0 Å². The molecule has 0 aliphatic carbocycles. The largest absolute Gasteiger partial charge is 0.368 e. The Morgan fingerprint density at radius 3 is 2.92 bits per heavy atom. The van der Waals surface area contributed by atoms with Gasteiger partial charge >= 0.3 is 0 Å². The standard InChI is InChI=1S/C7H6ClN3O/c8-6-5(2-1-3-12)4-10-7(9)11-6/h1-4H,(H2,9,10,11). The van der Waals surface area contributed by atoms with Gasteiger partial charge in [-0.25, -0.2) is 9.97 Å². The predicted molar refractivity (Wildman–Crippen MR) is 46.6 cm³/mol. The van der Waals surface area contributed by atoms with Gasteiger partial charge in [-0.3, -0.25) is 4.79 Å². The Morgan fingerprint density at radius 1 is 1.58 bits per heavy atom. The molecule has 1 heterocycles. The van der Waals surface area contributed by atoms with Crippen LogP contribution in [-0.2, 0) is 4.79 Å². The van der Waals surface area contributed by atoms with Gasteiger partial charge in [-0.1, -0.05) is 11.6 Å². The average Bonchev–Trinajstić information content (AvgIpc) is 2.03. The molecule has 0 aliphatic rings. The number of allylic oxidation sites excluding steroid dienone is 1. The zero-order chi connectivity index (χ0) is 8.97. The number of aldehydes is 1. The van der Waals surface area contributed by atoms with Crippen LogP contribution in [0.5, 0.6) is 0 Å². The number of hydrogen-bond donors (Lipinski definition) is 1. The van der Waals surface area contributed by atoms with E-state index < -0.39 is 0 Å². The highest BCUT2D eigenvalue weighted by Crippen LogP contribution is 2.13. The lowest BCUT2D eigenvalue weighted by atomic mass is 10.3. The topological polar surface area (TPSA) is 68.9 Å². The van der Waals surface area contributed by atoms with E-state index in [1.54, 1.807) is 0 Å². The molecule has 0 atom stereocenters. The second-order valence-corrected chi connectivity index (χ2v) is 2.33. The molecule has 1 aromatic rings. The molecule has 0 unspecified atom stereocenters. The van der Waals surface area contributed by atoms with Crippen molar-refractivity contribution in [3.63, 3.8) is 0 Å². The fourth-order valence-electron chi connectivity index (χ4n) is 0.638. The van der Waals surface area contributed by atoms with Crippen LogP contribution < -0.4 is 5.73 Å². The lowest BCUT2D eigenvalue weighted by Crippen LogP contribution is -1.95. The molecule has 0 saturated heterocycles. The van der Waals surface area contributed by atoms with Crippen molar-refractivity contribution < 1.29 is 4.79 Å². The summed E-state index contributed by atoms with van der Waals surface area (Å²) >= 11 is 5.67. The summed E-state index contributed by atoms with van der Waals surface area (Å²) in [5, 5.41) is 0.237. The number of anilines is 1. The Labute approximate surface area is 74.1 Å². The van der Waals surface area contributed by atoms with E-state index in [0.717, 1.165) is 0 Å². The number of aromatic nitrogens is 2. The first-order valence-electron chi connectivity index (χ1n) is 3.14. The Morgan fingerprint density at radius 2 is 2.33 bits per heavy atom. The fourth-order valence-corrected chi connectivity index (χ4v) is 0.836. The normalized spacial score (nSPS) is 10.4. The van der Waals surface area contributed by atoms with Gasteiger partial charge in [-0.15, -0.1) is 0 Å². The smallest absolute Gasteiger partial charge is 0.221 e. The molecule has 0 spiro atoms. The molecule has 5 heteroatoms. The Bertz CT molecular complexity index is 324. The zero-order valence-corrected chi connectivity index (χ0v) is 6.82. The fraction of sp³-hybridized carbons (Fsp3) is 0. The second kappa shape index (κ2) is 3.82. The first-order chi connectivity index (χ1) is 5.74. The number of halogens is 1. The first-order valence-corrected chi connectivity index (χ1v) is 3.51. The van der Waals surface area contributed by atoms with Crippen LogP contribution in [0.1, 0.15) is 5.56 Å². The summed E-state index contributed by atoms with van der Waals surface area (Å²) in [6.07, 6.45) is 4.91. The molecule has 0 amide bonds. The van der Waals surface area contributed by atoms with E-state index in [4.69, 9.17) is 17.3 Å². The summed E-state index contributed by atoms with van der Waals surface area (Å²) in [4.78, 5) is 17.4. The van der Waals surface area contributed by atoms with Crippen molar-refractivity contribution in [1.29, 1.82) is 0 Å². The van der Waals surface area contributed by atoms with Crippen LogP contribution in [0, 0.1) is 0 Å². The van der Waals surface area contributed by atoms with Crippen LogP contribution in [0.25, 0.3) is 6.08 Å². The van der Waals surface area contributed by atoms with E-state index >= 15 is 0 Å². The van der Waals surface area contributed by atoms with Gasteiger partial charge in [0.1, 0.15) is 11.4 Å². The molecule has 12 heavy (non-hydrogen) atoms. The summed E-state index contributed by atoms with van der Waals surface area (Å²) in [6, 6.07) is 0. The Balaban J connectivity index is 3.01. The number of carbonyl (C=O) groups is 1. The Kier molecular flexibility index (Phi) is 2.76. The third-order valence-electron chi connectivity index (χ3n) is 1.14. The van der Waals surface area contributed by atoms with Crippen molar-refractivity contribution in [2.45, 2.75) is 0 Å². The van der Waals surface area contributed by atoms with Gasteiger partial charge in [-0.2, -0.15) is 0 Å². The quantitative estimate of drug-likeness (QED) is 0.421. The van der Waals surface area contributed by atoms with Gasteiger partial charge in [0.2, 0.25) is 5.95 Å². The van der Waals surface area contributed by atoms with Gasteiger partial charge in [0.05, 0.1) is 0 Å². The van der Waals surface area contributed by atoms with Crippen molar-refractivity contribution in [1.82, 2.24) is 9.97 Å². The minimum atomic E-state index is 0.114. The predicted octanol–water partition coefficient (Wildman–Crippen LogP) is 0.924. The van der Waals surface area contributed by atoms with Crippen LogP contribution in [0.2, 0.25) is 5.15 Å². The minimum absolute atomic E-state index is 0.114. The van der Waals surface area contributed by atoms with E-state index in [2.05, 4.69) is 9.97 Å². The number of nitrogen functional groups attached to an aromatic ring is 1. The highest BCUT2D eigenvalue weighted by Gasteiger charge is 1.98. The van der Waals surface area contributed by atoms with Crippen molar-refractivity contribution in [3.05, 3.63) is 23.0 Å². The molecule has 0 radical (unpaired) electrons. The molecule has 0 aromatic carbocycles. The summed E-state index contributed by atoms with van der Waals surface area (Å²) < 4.78 is 0.